The van der Waals surface area contributed by atoms with Crippen molar-refractivity contribution < 1.29 is 19.1 Å². The molecule has 0 unspecified atom stereocenters. The van der Waals surface area contributed by atoms with Gasteiger partial charge in [0.2, 0.25) is 0 Å². The molecule has 3 N–H and O–H groups in total. The second kappa shape index (κ2) is 10.9. The Morgan fingerprint density at radius 3 is 2.37 bits per heavy atom. The summed E-state index contributed by atoms with van der Waals surface area (Å²) < 4.78 is 11.0. The van der Waals surface area contributed by atoms with E-state index in [1.165, 1.54) is 0 Å². The maximum absolute atomic E-state index is 13.0. The number of carbonyl (C=O) groups excluding carboxylic acids is 2. The Bertz CT molecular complexity index is 738. The number of rotatable bonds is 8. The van der Waals surface area contributed by atoms with Gasteiger partial charge in [-0.05, 0) is 56.4 Å². The molecule has 1 heterocycles. The number of fused-ring (bicyclic) bond motifs is 1. The summed E-state index contributed by atoms with van der Waals surface area (Å²) in [5.41, 5.74) is 2.07. The third-order valence-corrected chi connectivity index (χ3v) is 5.27. The molecule has 30 heavy (non-hydrogen) atoms. The van der Waals surface area contributed by atoms with Crippen molar-refractivity contribution >= 4 is 12.1 Å². The van der Waals surface area contributed by atoms with Crippen LogP contribution < -0.4 is 25.4 Å². The number of carbonyl (C=O) groups is 2. The predicted octanol–water partition coefficient (Wildman–Crippen LogP) is 3.21. The Balaban J connectivity index is 2.46. The Morgan fingerprint density at radius 1 is 1.13 bits per heavy atom. The van der Waals surface area contributed by atoms with Crippen LogP contribution in [0, 0.1) is 0 Å². The zero-order chi connectivity index (χ0) is 22.3. The van der Waals surface area contributed by atoms with E-state index in [1.54, 1.807) is 14.2 Å². The summed E-state index contributed by atoms with van der Waals surface area (Å²) in [5, 5.41) is 8.93. The van der Waals surface area contributed by atoms with E-state index in [1.807, 2.05) is 44.7 Å². The van der Waals surface area contributed by atoms with Crippen molar-refractivity contribution in [2.24, 2.45) is 0 Å². The number of benzene rings is 1. The second-order valence-corrected chi connectivity index (χ2v) is 7.81. The molecule has 0 aromatic heterocycles. The molecule has 0 spiro atoms. The highest BCUT2D eigenvalue weighted by Crippen LogP contribution is 2.40. The fraction of sp³-hybridized carbons (Fsp3) is 0.636. The topological polar surface area (TPSA) is 91.9 Å². The van der Waals surface area contributed by atoms with Crippen molar-refractivity contribution in [1.82, 2.24) is 20.9 Å². The highest BCUT2D eigenvalue weighted by Gasteiger charge is 2.37. The van der Waals surface area contributed by atoms with Crippen LogP contribution in [0.3, 0.4) is 0 Å². The van der Waals surface area contributed by atoms with Crippen LogP contribution in [0.15, 0.2) is 12.1 Å². The monoisotopic (exact) mass is 420 g/mol. The Kier molecular flexibility index (Phi) is 8.62. The molecule has 1 aliphatic heterocycles. The van der Waals surface area contributed by atoms with E-state index >= 15 is 0 Å². The normalized spacial score (nSPS) is 16.5. The first-order valence-electron chi connectivity index (χ1n) is 10.7. The minimum absolute atomic E-state index is 0.0226. The molecule has 168 valence electrons. The molecule has 0 saturated carbocycles. The van der Waals surface area contributed by atoms with E-state index in [0.717, 1.165) is 17.5 Å². The molecule has 1 aromatic carbocycles. The SMILES string of the molecule is CCCNC(=O)N1CCc2cc(OC)c(OC)cc2[C@@H]1[C@@H](CC)NC(=O)NC(C)C. The van der Waals surface area contributed by atoms with Crippen molar-refractivity contribution in [3.63, 3.8) is 0 Å². The van der Waals surface area contributed by atoms with Crippen molar-refractivity contribution in [1.29, 1.82) is 0 Å². The highest BCUT2D eigenvalue weighted by atomic mass is 16.5. The van der Waals surface area contributed by atoms with E-state index in [4.69, 9.17) is 9.47 Å². The van der Waals surface area contributed by atoms with Gasteiger partial charge in [0.1, 0.15) is 0 Å². The van der Waals surface area contributed by atoms with Gasteiger partial charge >= 0.3 is 12.1 Å². The summed E-state index contributed by atoms with van der Waals surface area (Å²) in [7, 11) is 3.21. The molecule has 0 fully saturated rings. The number of ether oxygens (including phenoxy) is 2. The summed E-state index contributed by atoms with van der Waals surface area (Å²) in [4.78, 5) is 27.3. The average Bonchev–Trinajstić information content (AvgIpc) is 2.73. The van der Waals surface area contributed by atoms with Gasteiger partial charge in [0.15, 0.2) is 11.5 Å². The number of hydrogen-bond donors (Lipinski definition) is 3. The molecule has 0 saturated heterocycles. The number of urea groups is 2. The zero-order valence-electron chi connectivity index (χ0n) is 19.0. The van der Waals surface area contributed by atoms with Crippen molar-refractivity contribution in [2.75, 3.05) is 27.3 Å². The molecule has 0 aliphatic carbocycles. The van der Waals surface area contributed by atoms with Crippen LogP contribution in [0.1, 0.15) is 57.7 Å². The van der Waals surface area contributed by atoms with E-state index < -0.39 is 0 Å². The molecule has 2 rings (SSSR count). The van der Waals surface area contributed by atoms with Crippen molar-refractivity contribution in [3.8, 4) is 11.5 Å². The summed E-state index contributed by atoms with van der Waals surface area (Å²) in [6.07, 6.45) is 2.24. The molecule has 0 bridgehead atoms. The number of nitrogens with zero attached hydrogens (tertiary/aromatic N) is 1. The third kappa shape index (κ3) is 5.49. The quantitative estimate of drug-likeness (QED) is 0.602. The maximum atomic E-state index is 13.0. The lowest BCUT2D eigenvalue weighted by Gasteiger charge is -2.42. The lowest BCUT2D eigenvalue weighted by Crippen LogP contribution is -2.55. The van der Waals surface area contributed by atoms with E-state index in [0.29, 0.717) is 37.4 Å². The molecule has 8 heteroatoms. The number of hydrogen-bond acceptors (Lipinski definition) is 4. The van der Waals surface area contributed by atoms with Gasteiger partial charge < -0.3 is 30.3 Å². The van der Waals surface area contributed by atoms with Gasteiger partial charge in [-0.2, -0.15) is 0 Å². The lowest BCUT2D eigenvalue weighted by molar-refractivity contribution is 0.147. The van der Waals surface area contributed by atoms with Gasteiger partial charge in [-0.25, -0.2) is 9.59 Å². The first-order chi connectivity index (χ1) is 14.4. The van der Waals surface area contributed by atoms with Crippen LogP contribution in [0.25, 0.3) is 0 Å². The molecular formula is C22H36N4O4. The summed E-state index contributed by atoms with van der Waals surface area (Å²) in [6, 6.07) is 3.01. The number of amides is 4. The molecular weight excluding hydrogens is 384 g/mol. The standard InChI is InChI=1S/C22H36N4O4/c1-7-10-23-22(28)26-11-9-15-12-18(29-5)19(30-6)13-16(15)20(26)17(8-2)25-21(27)24-14(3)4/h12-14,17,20H,7-11H2,1-6H3,(H,23,28)(H2,24,25,27)/t17-,20-/m1/s1. The minimum Gasteiger partial charge on any atom is -0.493 e. The first kappa shape index (κ1) is 23.6. The number of nitrogens with one attached hydrogen (secondary N) is 3. The van der Waals surface area contributed by atoms with Crippen LogP contribution in [0.4, 0.5) is 9.59 Å². The number of methoxy groups -OCH3 is 2. The van der Waals surface area contributed by atoms with Gasteiger partial charge in [0, 0.05) is 19.1 Å². The van der Waals surface area contributed by atoms with E-state index in [2.05, 4.69) is 16.0 Å². The average molecular weight is 421 g/mol. The fourth-order valence-electron chi connectivity index (χ4n) is 3.85. The van der Waals surface area contributed by atoms with Crippen molar-refractivity contribution in [2.45, 2.75) is 65.1 Å². The van der Waals surface area contributed by atoms with Gasteiger partial charge in [0.05, 0.1) is 26.3 Å². The lowest BCUT2D eigenvalue weighted by atomic mass is 9.86. The van der Waals surface area contributed by atoms with Gasteiger partial charge in [-0.3, -0.25) is 0 Å². The molecule has 2 atom stereocenters. The second-order valence-electron chi connectivity index (χ2n) is 7.81. The van der Waals surface area contributed by atoms with Crippen molar-refractivity contribution in [3.05, 3.63) is 23.3 Å². The summed E-state index contributed by atoms with van der Waals surface area (Å²) >= 11 is 0. The largest absolute Gasteiger partial charge is 0.493 e. The van der Waals surface area contributed by atoms with Gasteiger partial charge in [-0.1, -0.05) is 13.8 Å². The van der Waals surface area contributed by atoms with Crippen LogP contribution in [-0.2, 0) is 6.42 Å². The zero-order valence-corrected chi connectivity index (χ0v) is 19.0. The Morgan fingerprint density at radius 2 is 1.80 bits per heavy atom. The molecule has 1 aliphatic rings. The molecule has 0 radical (unpaired) electrons. The van der Waals surface area contributed by atoms with Gasteiger partial charge in [0.25, 0.3) is 0 Å². The summed E-state index contributed by atoms with van der Waals surface area (Å²) in [6.45, 7) is 9.03. The van der Waals surface area contributed by atoms with E-state index in [9.17, 15) is 9.59 Å². The van der Waals surface area contributed by atoms with Crippen LogP contribution in [0.5, 0.6) is 11.5 Å². The smallest absolute Gasteiger partial charge is 0.317 e. The van der Waals surface area contributed by atoms with Crippen LogP contribution >= 0.6 is 0 Å². The Labute approximate surface area is 179 Å². The Hall–Kier alpha value is -2.64. The fourth-order valence-corrected chi connectivity index (χ4v) is 3.85. The maximum Gasteiger partial charge on any atom is 0.317 e. The third-order valence-electron chi connectivity index (χ3n) is 5.27. The molecule has 4 amide bonds. The summed E-state index contributed by atoms with van der Waals surface area (Å²) in [5.74, 6) is 1.27. The van der Waals surface area contributed by atoms with Gasteiger partial charge in [-0.15, -0.1) is 0 Å². The molecule has 8 nitrogen and oxygen atoms in total. The molecule has 1 aromatic rings. The predicted molar refractivity (Wildman–Crippen MR) is 117 cm³/mol. The first-order valence-corrected chi connectivity index (χ1v) is 10.7. The highest BCUT2D eigenvalue weighted by molar-refractivity contribution is 5.77. The van der Waals surface area contributed by atoms with Crippen LogP contribution in [-0.4, -0.2) is 56.4 Å². The van der Waals surface area contributed by atoms with E-state index in [-0.39, 0.29) is 30.2 Å². The van der Waals surface area contributed by atoms with Crippen LogP contribution in [0.2, 0.25) is 0 Å². The minimum atomic E-state index is -0.312.